The fraction of sp³-hybridized carbons (Fsp3) is 0.296. The van der Waals surface area contributed by atoms with Crippen LogP contribution in [0.1, 0.15) is 29.7 Å². The molecule has 1 heterocycles. The first kappa shape index (κ1) is 24.2. The number of methoxy groups -OCH3 is 1. The molecule has 8 heteroatoms. The van der Waals surface area contributed by atoms with Crippen molar-refractivity contribution in [1.82, 2.24) is 15.1 Å². The highest BCUT2D eigenvalue weighted by molar-refractivity contribution is 5.91. The van der Waals surface area contributed by atoms with Gasteiger partial charge in [0.2, 0.25) is 11.8 Å². The van der Waals surface area contributed by atoms with Crippen LogP contribution in [0.2, 0.25) is 0 Å². The molecule has 4 rings (SSSR count). The minimum absolute atomic E-state index is 0.0371. The zero-order valence-electron chi connectivity index (χ0n) is 19.9. The van der Waals surface area contributed by atoms with Crippen LogP contribution in [0.25, 0.3) is 10.8 Å². The average Bonchev–Trinajstić information content (AvgIpc) is 2.82. The van der Waals surface area contributed by atoms with Gasteiger partial charge in [-0.3, -0.25) is 14.5 Å². The van der Waals surface area contributed by atoms with Crippen molar-refractivity contribution in [3.05, 3.63) is 77.1 Å². The second kappa shape index (κ2) is 10.1. The topological polar surface area (TPSA) is 85.7 Å². The van der Waals surface area contributed by atoms with E-state index in [4.69, 9.17) is 4.74 Å². The summed E-state index contributed by atoms with van der Waals surface area (Å²) in [5.74, 6) is -0.226. The molecule has 3 aromatic carbocycles. The number of nitriles is 1. The van der Waals surface area contributed by atoms with Crippen molar-refractivity contribution in [3.63, 3.8) is 0 Å². The van der Waals surface area contributed by atoms with Crippen molar-refractivity contribution >= 4 is 22.6 Å². The van der Waals surface area contributed by atoms with Crippen molar-refractivity contribution in [3.8, 4) is 11.8 Å². The van der Waals surface area contributed by atoms with E-state index in [0.717, 1.165) is 16.3 Å². The highest BCUT2D eigenvalue weighted by atomic mass is 19.1. The standard InChI is InChI=1S/C27H27FN4O3/c1-17(33)30-22-14-32(15-22)25(18-8-10-21(28)11-9-18)27(34)31(2)16-24-23-7-5-4-6-19(23)12-20(13-29)26(24)35-3/h4-12,22,25H,14-16H2,1-3H3,(H,30,33). The average molecular weight is 475 g/mol. The highest BCUT2D eigenvalue weighted by Crippen LogP contribution is 2.34. The number of benzene rings is 3. The van der Waals surface area contributed by atoms with E-state index in [0.29, 0.717) is 30.0 Å². The number of hydrogen-bond donors (Lipinski definition) is 1. The van der Waals surface area contributed by atoms with E-state index in [-0.39, 0.29) is 30.2 Å². The molecule has 3 aromatic rings. The van der Waals surface area contributed by atoms with Crippen LogP contribution in [0.3, 0.4) is 0 Å². The van der Waals surface area contributed by atoms with Gasteiger partial charge in [0.25, 0.3) is 0 Å². The summed E-state index contributed by atoms with van der Waals surface area (Å²) in [5.41, 5.74) is 1.82. The van der Waals surface area contributed by atoms with Gasteiger partial charge in [-0.05, 0) is 34.5 Å². The summed E-state index contributed by atoms with van der Waals surface area (Å²) >= 11 is 0. The molecule has 1 unspecified atom stereocenters. The number of fused-ring (bicyclic) bond motifs is 1. The Labute approximate surface area is 203 Å². The van der Waals surface area contributed by atoms with Gasteiger partial charge in [0.05, 0.1) is 18.7 Å². The Morgan fingerprint density at radius 3 is 2.54 bits per heavy atom. The molecule has 0 spiro atoms. The molecular weight excluding hydrogens is 447 g/mol. The van der Waals surface area contributed by atoms with Crippen LogP contribution in [0, 0.1) is 17.1 Å². The lowest BCUT2D eigenvalue weighted by molar-refractivity contribution is -0.139. The zero-order valence-corrected chi connectivity index (χ0v) is 19.9. The number of carbonyl (C=O) groups excluding carboxylic acids is 2. The number of amides is 2. The largest absolute Gasteiger partial charge is 0.495 e. The smallest absolute Gasteiger partial charge is 0.244 e. The first-order chi connectivity index (χ1) is 16.8. The maximum Gasteiger partial charge on any atom is 0.244 e. The van der Waals surface area contributed by atoms with Crippen LogP contribution in [0.5, 0.6) is 5.75 Å². The molecule has 0 aromatic heterocycles. The van der Waals surface area contributed by atoms with E-state index < -0.39 is 6.04 Å². The van der Waals surface area contributed by atoms with Gasteiger partial charge in [-0.1, -0.05) is 36.4 Å². The number of ether oxygens (including phenoxy) is 1. The molecule has 1 fully saturated rings. The molecule has 1 aliphatic rings. The molecule has 0 aliphatic carbocycles. The zero-order chi connectivity index (χ0) is 25.1. The third kappa shape index (κ3) is 4.96. The SMILES string of the molecule is COc1c(C#N)cc2ccccc2c1CN(C)C(=O)C(c1ccc(F)cc1)N1CC(NC(C)=O)C1. The number of nitrogens with one attached hydrogen (secondary N) is 1. The fourth-order valence-electron chi connectivity index (χ4n) is 4.66. The summed E-state index contributed by atoms with van der Waals surface area (Å²) in [6, 6.07) is 16.9. The Morgan fingerprint density at radius 1 is 1.23 bits per heavy atom. The second-order valence-corrected chi connectivity index (χ2v) is 8.77. The summed E-state index contributed by atoms with van der Waals surface area (Å²) in [7, 11) is 3.22. The number of rotatable bonds is 7. The third-order valence-electron chi connectivity index (χ3n) is 6.30. The van der Waals surface area contributed by atoms with Gasteiger partial charge in [0.1, 0.15) is 23.7 Å². The number of carbonyl (C=O) groups is 2. The van der Waals surface area contributed by atoms with Crippen LogP contribution in [0.15, 0.2) is 54.6 Å². The van der Waals surface area contributed by atoms with E-state index in [1.54, 1.807) is 30.1 Å². The fourth-order valence-corrected chi connectivity index (χ4v) is 4.66. The third-order valence-corrected chi connectivity index (χ3v) is 6.30. The molecule has 1 saturated heterocycles. The monoisotopic (exact) mass is 474 g/mol. The number of likely N-dealkylation sites (N-methyl/N-ethyl adjacent to an activating group) is 1. The molecule has 180 valence electrons. The van der Waals surface area contributed by atoms with Crippen molar-refractivity contribution in [1.29, 1.82) is 5.26 Å². The molecule has 0 bridgehead atoms. The van der Waals surface area contributed by atoms with Gasteiger partial charge in [0.15, 0.2) is 0 Å². The Bertz CT molecular complexity index is 1300. The first-order valence-corrected chi connectivity index (χ1v) is 11.3. The predicted octanol–water partition coefficient (Wildman–Crippen LogP) is 3.38. The summed E-state index contributed by atoms with van der Waals surface area (Å²) in [4.78, 5) is 28.8. The van der Waals surface area contributed by atoms with Gasteiger partial charge in [0, 0.05) is 39.2 Å². The molecule has 1 N–H and O–H groups in total. The number of nitrogens with zero attached hydrogens (tertiary/aromatic N) is 3. The highest BCUT2D eigenvalue weighted by Gasteiger charge is 2.38. The van der Waals surface area contributed by atoms with E-state index in [1.807, 2.05) is 29.2 Å². The lowest BCUT2D eigenvalue weighted by atomic mass is 9.96. The van der Waals surface area contributed by atoms with Crippen LogP contribution in [0.4, 0.5) is 4.39 Å². The minimum atomic E-state index is -0.637. The Kier molecular flexibility index (Phi) is 6.99. The van der Waals surface area contributed by atoms with E-state index in [2.05, 4.69) is 11.4 Å². The molecule has 35 heavy (non-hydrogen) atoms. The molecule has 2 amide bonds. The van der Waals surface area contributed by atoms with Crippen molar-refractivity contribution in [2.24, 2.45) is 0 Å². The van der Waals surface area contributed by atoms with Crippen molar-refractivity contribution in [2.75, 3.05) is 27.2 Å². The molecule has 0 saturated carbocycles. The van der Waals surface area contributed by atoms with Gasteiger partial charge >= 0.3 is 0 Å². The van der Waals surface area contributed by atoms with Crippen LogP contribution in [-0.4, -0.2) is 54.9 Å². The van der Waals surface area contributed by atoms with Crippen LogP contribution >= 0.6 is 0 Å². The first-order valence-electron chi connectivity index (χ1n) is 11.3. The molecule has 0 radical (unpaired) electrons. The van der Waals surface area contributed by atoms with Crippen molar-refractivity contribution < 1.29 is 18.7 Å². The number of halogens is 1. The van der Waals surface area contributed by atoms with E-state index in [9.17, 15) is 19.2 Å². The molecule has 1 atom stereocenters. The number of hydrogen-bond acceptors (Lipinski definition) is 5. The van der Waals surface area contributed by atoms with Gasteiger partial charge < -0.3 is 15.0 Å². The minimum Gasteiger partial charge on any atom is -0.495 e. The summed E-state index contributed by atoms with van der Waals surface area (Å²) in [6.07, 6.45) is 0. The van der Waals surface area contributed by atoms with Gasteiger partial charge in [-0.25, -0.2) is 4.39 Å². The predicted molar refractivity (Wildman–Crippen MR) is 130 cm³/mol. The van der Waals surface area contributed by atoms with E-state index in [1.165, 1.54) is 26.2 Å². The maximum absolute atomic E-state index is 13.8. The number of likely N-dealkylation sites (tertiary alicyclic amines) is 1. The summed E-state index contributed by atoms with van der Waals surface area (Å²) < 4.78 is 19.2. The summed E-state index contributed by atoms with van der Waals surface area (Å²) in [5, 5.41) is 14.3. The Balaban J connectivity index is 1.66. The van der Waals surface area contributed by atoms with Gasteiger partial charge in [-0.2, -0.15) is 5.26 Å². The van der Waals surface area contributed by atoms with Gasteiger partial charge in [-0.15, -0.1) is 0 Å². The second-order valence-electron chi connectivity index (χ2n) is 8.77. The van der Waals surface area contributed by atoms with Crippen LogP contribution < -0.4 is 10.1 Å². The quantitative estimate of drug-likeness (QED) is 0.568. The lowest BCUT2D eigenvalue weighted by Crippen LogP contribution is -2.61. The molecular formula is C27H27FN4O3. The molecule has 7 nitrogen and oxygen atoms in total. The Morgan fingerprint density at radius 2 is 1.91 bits per heavy atom. The van der Waals surface area contributed by atoms with Crippen LogP contribution in [-0.2, 0) is 16.1 Å². The lowest BCUT2D eigenvalue weighted by Gasteiger charge is -2.44. The van der Waals surface area contributed by atoms with E-state index >= 15 is 0 Å². The Hall–Kier alpha value is -3.96. The normalized spacial score (nSPS) is 14.6. The summed E-state index contributed by atoms with van der Waals surface area (Å²) in [6.45, 7) is 2.71. The molecule has 1 aliphatic heterocycles. The van der Waals surface area contributed by atoms with Crippen molar-refractivity contribution in [2.45, 2.75) is 25.6 Å². The maximum atomic E-state index is 13.8.